The summed E-state index contributed by atoms with van der Waals surface area (Å²) >= 11 is 0. The highest BCUT2D eigenvalue weighted by Crippen LogP contribution is 2.22. The number of nitrogens with zero attached hydrogens (tertiary/aromatic N) is 3. The zero-order valence-corrected chi connectivity index (χ0v) is 12.1. The molecule has 2 aromatic heterocycles. The molecule has 0 aliphatic carbocycles. The van der Waals surface area contributed by atoms with Crippen molar-refractivity contribution in [3.05, 3.63) is 48.8 Å². The maximum atomic E-state index is 10.8. The van der Waals surface area contributed by atoms with E-state index in [0.29, 0.717) is 0 Å². The number of carbonyl (C=O) groups is 1. The smallest absolute Gasteiger partial charge is 0.328 e. The van der Waals surface area contributed by atoms with E-state index in [9.17, 15) is 4.79 Å². The summed E-state index contributed by atoms with van der Waals surface area (Å²) in [7, 11) is 1.96. The molecule has 0 aliphatic heterocycles. The van der Waals surface area contributed by atoms with Gasteiger partial charge in [-0.15, -0.1) is 6.58 Å². The average Bonchev–Trinajstić information content (AvgIpc) is 2.84. The third-order valence-corrected chi connectivity index (χ3v) is 3.19. The molecule has 0 bridgehead atoms. The Hall–Kier alpha value is -2.56. The molecule has 21 heavy (non-hydrogen) atoms. The number of carboxylic acids is 1. The minimum absolute atomic E-state index is 0.772. The number of aromatic nitrogens is 2. The topological polar surface area (TPSA) is 57.8 Å². The van der Waals surface area contributed by atoms with Crippen molar-refractivity contribution in [3.8, 4) is 0 Å². The predicted molar refractivity (Wildman–Crippen MR) is 84.6 cm³/mol. The molecule has 5 heteroatoms. The Balaban J connectivity index is 2.38. The number of rotatable bonds is 7. The van der Waals surface area contributed by atoms with Crippen LogP contribution in [0.5, 0.6) is 0 Å². The first-order valence-electron chi connectivity index (χ1n) is 6.83. The third kappa shape index (κ3) is 3.51. The van der Waals surface area contributed by atoms with Crippen molar-refractivity contribution >= 4 is 23.5 Å². The second-order valence-corrected chi connectivity index (χ2v) is 4.77. The summed E-state index contributed by atoms with van der Waals surface area (Å²) in [4.78, 5) is 17.4. The van der Waals surface area contributed by atoms with Gasteiger partial charge in [-0.2, -0.15) is 0 Å². The number of carboxylic acid groups (broad SMARTS) is 1. The highest BCUT2D eigenvalue weighted by Gasteiger charge is 2.13. The van der Waals surface area contributed by atoms with Crippen molar-refractivity contribution < 1.29 is 9.90 Å². The Morgan fingerprint density at radius 3 is 3.05 bits per heavy atom. The van der Waals surface area contributed by atoms with Crippen LogP contribution in [0, 0.1) is 0 Å². The van der Waals surface area contributed by atoms with Crippen LogP contribution in [0.2, 0.25) is 0 Å². The number of allylic oxidation sites excluding steroid dienone is 1. The molecule has 110 valence electrons. The first-order chi connectivity index (χ1) is 10.1. The van der Waals surface area contributed by atoms with Crippen LogP contribution in [0.15, 0.2) is 43.1 Å². The second-order valence-electron chi connectivity index (χ2n) is 4.77. The molecule has 0 saturated heterocycles. The minimum Gasteiger partial charge on any atom is -0.478 e. The molecule has 0 amide bonds. The van der Waals surface area contributed by atoms with Crippen LogP contribution in [0.3, 0.4) is 0 Å². The molecule has 0 radical (unpaired) electrons. The van der Waals surface area contributed by atoms with E-state index in [1.807, 2.05) is 46.8 Å². The van der Waals surface area contributed by atoms with Gasteiger partial charge in [-0.1, -0.05) is 12.1 Å². The number of fused-ring (bicyclic) bond motifs is 1. The van der Waals surface area contributed by atoms with E-state index in [0.717, 1.165) is 42.6 Å². The van der Waals surface area contributed by atoms with Gasteiger partial charge in [0.1, 0.15) is 5.65 Å². The highest BCUT2D eigenvalue weighted by molar-refractivity contribution is 5.86. The standard InChI is InChI=1S/C16H19N3O2/c1-3-4-6-11-18(2)16-13(9-10-15(20)21)19-12-7-5-8-14(19)17-16/h3,5,7-10,12H,1,4,6,11H2,2H3,(H,20,21)/b10-9+. The third-order valence-electron chi connectivity index (χ3n) is 3.19. The Kier molecular flexibility index (Phi) is 4.77. The quantitative estimate of drug-likeness (QED) is 0.483. The minimum atomic E-state index is -0.971. The number of aliphatic carboxylic acids is 1. The van der Waals surface area contributed by atoms with Crippen LogP contribution in [0.25, 0.3) is 11.7 Å². The molecule has 0 fully saturated rings. The lowest BCUT2D eigenvalue weighted by Crippen LogP contribution is -2.19. The second kappa shape index (κ2) is 6.74. The molecule has 2 aromatic rings. The van der Waals surface area contributed by atoms with Crippen molar-refractivity contribution in [2.45, 2.75) is 12.8 Å². The van der Waals surface area contributed by atoms with Crippen LogP contribution in [0.4, 0.5) is 5.82 Å². The van der Waals surface area contributed by atoms with E-state index in [-0.39, 0.29) is 0 Å². The molecule has 2 rings (SSSR count). The van der Waals surface area contributed by atoms with E-state index in [2.05, 4.69) is 11.6 Å². The largest absolute Gasteiger partial charge is 0.478 e. The Bertz CT molecular complexity index is 673. The summed E-state index contributed by atoms with van der Waals surface area (Å²) in [6.45, 7) is 4.55. The van der Waals surface area contributed by atoms with Gasteiger partial charge >= 0.3 is 5.97 Å². The number of hydrogen-bond donors (Lipinski definition) is 1. The van der Waals surface area contributed by atoms with Gasteiger partial charge in [0.15, 0.2) is 5.82 Å². The Labute approximate surface area is 123 Å². The zero-order chi connectivity index (χ0) is 15.2. The average molecular weight is 285 g/mol. The summed E-state index contributed by atoms with van der Waals surface area (Å²) < 4.78 is 1.89. The van der Waals surface area contributed by atoms with Crippen LogP contribution < -0.4 is 4.90 Å². The van der Waals surface area contributed by atoms with E-state index >= 15 is 0 Å². The van der Waals surface area contributed by atoms with Crippen LogP contribution in [-0.2, 0) is 4.79 Å². The number of hydrogen-bond acceptors (Lipinski definition) is 3. The Morgan fingerprint density at radius 1 is 1.52 bits per heavy atom. The van der Waals surface area contributed by atoms with Gasteiger partial charge in [-0.25, -0.2) is 9.78 Å². The number of pyridine rings is 1. The van der Waals surface area contributed by atoms with E-state index < -0.39 is 5.97 Å². The first-order valence-corrected chi connectivity index (χ1v) is 6.83. The molecule has 5 nitrogen and oxygen atoms in total. The van der Waals surface area contributed by atoms with Crippen molar-refractivity contribution in [2.75, 3.05) is 18.5 Å². The van der Waals surface area contributed by atoms with Crippen molar-refractivity contribution in [2.24, 2.45) is 0 Å². The fraction of sp³-hybridized carbons (Fsp3) is 0.250. The summed E-state index contributed by atoms with van der Waals surface area (Å²) in [5.74, 6) is -0.191. The van der Waals surface area contributed by atoms with Crippen LogP contribution in [-0.4, -0.2) is 34.1 Å². The molecule has 0 aromatic carbocycles. The fourth-order valence-electron chi connectivity index (χ4n) is 2.17. The lowest BCUT2D eigenvalue weighted by atomic mass is 10.3. The summed E-state index contributed by atoms with van der Waals surface area (Å²) in [6.07, 6.45) is 8.42. The number of imidazole rings is 1. The van der Waals surface area contributed by atoms with Gasteiger partial charge in [0.2, 0.25) is 0 Å². The lowest BCUT2D eigenvalue weighted by molar-refractivity contribution is -0.131. The maximum absolute atomic E-state index is 10.8. The Morgan fingerprint density at radius 2 is 2.33 bits per heavy atom. The van der Waals surface area contributed by atoms with Gasteiger partial charge in [0.25, 0.3) is 0 Å². The molecular weight excluding hydrogens is 266 g/mol. The van der Waals surface area contributed by atoms with Gasteiger partial charge in [-0.05, 0) is 31.1 Å². The summed E-state index contributed by atoms with van der Waals surface area (Å²) in [6, 6.07) is 5.71. The molecule has 0 spiro atoms. The van der Waals surface area contributed by atoms with Crippen molar-refractivity contribution in [1.29, 1.82) is 0 Å². The molecular formula is C16H19N3O2. The lowest BCUT2D eigenvalue weighted by Gasteiger charge is -2.16. The summed E-state index contributed by atoms with van der Waals surface area (Å²) in [5.41, 5.74) is 1.57. The van der Waals surface area contributed by atoms with E-state index in [1.54, 1.807) is 6.08 Å². The molecule has 2 heterocycles. The first kappa shape index (κ1) is 14.8. The molecule has 1 N–H and O–H groups in total. The fourth-order valence-corrected chi connectivity index (χ4v) is 2.17. The molecule has 0 aliphatic rings. The number of unbranched alkanes of at least 4 members (excludes halogenated alkanes) is 1. The molecule has 0 atom stereocenters. The summed E-state index contributed by atoms with van der Waals surface area (Å²) in [5, 5.41) is 8.85. The number of anilines is 1. The maximum Gasteiger partial charge on any atom is 0.328 e. The van der Waals surface area contributed by atoms with Gasteiger partial charge in [-0.3, -0.25) is 4.40 Å². The van der Waals surface area contributed by atoms with Crippen LogP contribution in [0.1, 0.15) is 18.5 Å². The monoisotopic (exact) mass is 285 g/mol. The van der Waals surface area contributed by atoms with Gasteiger partial charge in [0, 0.05) is 25.9 Å². The van der Waals surface area contributed by atoms with Crippen molar-refractivity contribution in [3.63, 3.8) is 0 Å². The van der Waals surface area contributed by atoms with Crippen LogP contribution >= 0.6 is 0 Å². The SMILES string of the molecule is C=CCCCN(C)c1nc2ccccn2c1/C=C/C(=O)O. The van der Waals surface area contributed by atoms with Gasteiger partial charge < -0.3 is 10.0 Å². The van der Waals surface area contributed by atoms with E-state index in [4.69, 9.17) is 5.11 Å². The van der Waals surface area contributed by atoms with E-state index in [1.165, 1.54) is 0 Å². The molecule has 0 unspecified atom stereocenters. The highest BCUT2D eigenvalue weighted by atomic mass is 16.4. The molecule has 0 saturated carbocycles. The normalized spacial score (nSPS) is 11.1. The predicted octanol–water partition coefficient (Wildman–Crippen LogP) is 2.83. The zero-order valence-electron chi connectivity index (χ0n) is 12.1. The van der Waals surface area contributed by atoms with Crippen molar-refractivity contribution in [1.82, 2.24) is 9.38 Å². The van der Waals surface area contributed by atoms with Gasteiger partial charge in [0.05, 0.1) is 5.69 Å².